The van der Waals surface area contributed by atoms with Crippen LogP contribution < -0.4 is 14.8 Å². The topological polar surface area (TPSA) is 89.7 Å². The van der Waals surface area contributed by atoms with Crippen molar-refractivity contribution in [3.8, 4) is 22.9 Å². The first kappa shape index (κ1) is 22.4. The normalized spacial score (nSPS) is 16.2. The quantitative estimate of drug-likeness (QED) is 0.553. The maximum Gasteiger partial charge on any atom is 0.322 e. The minimum atomic E-state index is -0.434. The van der Waals surface area contributed by atoms with Crippen LogP contribution in [0.3, 0.4) is 0 Å². The molecule has 0 spiro atoms. The molecular weight excluding hydrogens is 420 g/mol. The molecule has 0 saturated carbocycles. The first-order valence-electron chi connectivity index (χ1n) is 10.8. The van der Waals surface area contributed by atoms with Crippen LogP contribution >= 0.6 is 0 Å². The molecular formula is C25H28N4O4. The van der Waals surface area contributed by atoms with Crippen LogP contribution in [-0.4, -0.2) is 41.8 Å². The Morgan fingerprint density at radius 3 is 2.21 bits per heavy atom. The summed E-state index contributed by atoms with van der Waals surface area (Å²) in [6, 6.07) is 14.5. The second-order valence-corrected chi connectivity index (χ2v) is 8.31. The van der Waals surface area contributed by atoms with E-state index in [2.05, 4.69) is 29.3 Å². The zero-order valence-electron chi connectivity index (χ0n) is 19.5. The van der Waals surface area contributed by atoms with Gasteiger partial charge < -0.3 is 19.3 Å². The summed E-state index contributed by atoms with van der Waals surface area (Å²) in [5.41, 5.74) is 3.27. The summed E-state index contributed by atoms with van der Waals surface area (Å²) in [5.74, 6) is 2.62. The highest BCUT2D eigenvalue weighted by molar-refractivity contribution is 5.86. The number of amides is 2. The maximum absolute atomic E-state index is 13.0. The van der Waals surface area contributed by atoms with Gasteiger partial charge in [0, 0.05) is 17.8 Å². The number of methoxy groups -OCH3 is 2. The monoisotopic (exact) mass is 448 g/mol. The van der Waals surface area contributed by atoms with Crippen LogP contribution in [-0.2, 0) is 0 Å². The Morgan fingerprint density at radius 1 is 1.03 bits per heavy atom. The van der Waals surface area contributed by atoms with E-state index in [1.54, 1.807) is 19.1 Å². The van der Waals surface area contributed by atoms with Crippen molar-refractivity contribution in [2.75, 3.05) is 20.8 Å². The van der Waals surface area contributed by atoms with Gasteiger partial charge in [0.05, 0.1) is 25.8 Å². The van der Waals surface area contributed by atoms with Crippen molar-refractivity contribution in [3.05, 3.63) is 65.7 Å². The molecule has 4 rings (SSSR count). The molecule has 8 heteroatoms. The van der Waals surface area contributed by atoms with Crippen LogP contribution in [0.5, 0.6) is 11.5 Å². The first-order chi connectivity index (χ1) is 15.9. The summed E-state index contributed by atoms with van der Waals surface area (Å²) in [6.07, 6.45) is 0. The third kappa shape index (κ3) is 4.55. The molecule has 3 aromatic rings. The molecule has 1 aliphatic heterocycles. The van der Waals surface area contributed by atoms with Crippen molar-refractivity contribution in [1.82, 2.24) is 20.4 Å². The smallest absolute Gasteiger partial charge is 0.322 e. The van der Waals surface area contributed by atoms with Gasteiger partial charge >= 0.3 is 6.03 Å². The van der Waals surface area contributed by atoms with Gasteiger partial charge in [-0.05, 0) is 54.8 Å². The van der Waals surface area contributed by atoms with Crippen molar-refractivity contribution in [2.24, 2.45) is 5.92 Å². The summed E-state index contributed by atoms with van der Waals surface area (Å²) in [7, 11) is 3.24. The summed E-state index contributed by atoms with van der Waals surface area (Å²) >= 11 is 0. The van der Waals surface area contributed by atoms with E-state index >= 15 is 0 Å². The Hall–Kier alpha value is -3.81. The molecule has 0 fully saturated rings. The number of urea groups is 1. The number of allylic oxidation sites excluding steroid dienone is 1. The lowest BCUT2D eigenvalue weighted by Gasteiger charge is -2.36. The third-order valence-corrected chi connectivity index (χ3v) is 5.60. The van der Waals surface area contributed by atoms with Gasteiger partial charge in [-0.1, -0.05) is 31.1 Å². The Bertz CT molecular complexity index is 1150. The molecule has 33 heavy (non-hydrogen) atoms. The molecule has 0 aliphatic carbocycles. The number of benzene rings is 2. The third-order valence-electron chi connectivity index (χ3n) is 5.60. The highest BCUT2D eigenvalue weighted by Crippen LogP contribution is 2.38. The Labute approximate surface area is 193 Å². The Morgan fingerprint density at radius 2 is 1.64 bits per heavy atom. The Kier molecular flexibility index (Phi) is 6.35. The van der Waals surface area contributed by atoms with Gasteiger partial charge in [0.15, 0.2) is 0 Å². The van der Waals surface area contributed by atoms with Crippen LogP contribution in [0.2, 0.25) is 0 Å². The van der Waals surface area contributed by atoms with E-state index in [0.717, 1.165) is 33.9 Å². The standard InChI is InChI=1S/C25H28N4O4/c1-15(2)14-29-16(3)21(22(26-25(29)30)17-6-10-19(31-4)11-7-17)24-27-23(28-33-24)18-8-12-20(32-5)13-9-18/h6-13,15,22H,14H2,1-5H3,(H,26,30). The molecule has 1 atom stereocenters. The van der Waals surface area contributed by atoms with E-state index in [4.69, 9.17) is 14.0 Å². The average molecular weight is 449 g/mol. The predicted octanol–water partition coefficient (Wildman–Crippen LogP) is 4.91. The van der Waals surface area contributed by atoms with Crippen LogP contribution in [0.1, 0.15) is 38.3 Å². The largest absolute Gasteiger partial charge is 0.497 e. The summed E-state index contributed by atoms with van der Waals surface area (Å²) < 4.78 is 16.2. The number of hydrogen-bond donors (Lipinski definition) is 1. The molecule has 0 radical (unpaired) electrons. The number of carbonyl (C=O) groups excluding carboxylic acids is 1. The minimum absolute atomic E-state index is 0.152. The van der Waals surface area contributed by atoms with E-state index in [1.807, 2.05) is 55.5 Å². The minimum Gasteiger partial charge on any atom is -0.497 e. The molecule has 2 amide bonds. The van der Waals surface area contributed by atoms with Gasteiger partial charge in [-0.2, -0.15) is 4.98 Å². The number of carbonyl (C=O) groups is 1. The second kappa shape index (κ2) is 9.36. The summed E-state index contributed by atoms with van der Waals surface area (Å²) in [5, 5.41) is 7.31. The highest BCUT2D eigenvalue weighted by Gasteiger charge is 2.36. The van der Waals surface area contributed by atoms with Gasteiger partial charge in [0.25, 0.3) is 5.89 Å². The molecule has 1 aliphatic rings. The predicted molar refractivity (Wildman–Crippen MR) is 125 cm³/mol. The first-order valence-corrected chi connectivity index (χ1v) is 10.8. The highest BCUT2D eigenvalue weighted by atomic mass is 16.5. The van der Waals surface area contributed by atoms with Gasteiger partial charge in [-0.15, -0.1) is 0 Å². The molecule has 172 valence electrons. The number of ether oxygens (including phenoxy) is 2. The fourth-order valence-corrected chi connectivity index (χ4v) is 3.88. The van der Waals surface area contributed by atoms with Crippen LogP contribution in [0.15, 0.2) is 58.8 Å². The zero-order chi connectivity index (χ0) is 23.5. The van der Waals surface area contributed by atoms with Crippen molar-refractivity contribution >= 4 is 11.6 Å². The van der Waals surface area contributed by atoms with Gasteiger partial charge in [-0.3, -0.25) is 4.90 Å². The van der Waals surface area contributed by atoms with Crippen LogP contribution in [0.4, 0.5) is 4.79 Å². The van der Waals surface area contributed by atoms with Crippen molar-refractivity contribution < 1.29 is 18.8 Å². The maximum atomic E-state index is 13.0. The lowest BCUT2D eigenvalue weighted by molar-refractivity contribution is 0.199. The van der Waals surface area contributed by atoms with Crippen LogP contribution in [0, 0.1) is 5.92 Å². The second-order valence-electron chi connectivity index (χ2n) is 8.31. The number of rotatable bonds is 7. The van der Waals surface area contributed by atoms with Gasteiger partial charge in [0.1, 0.15) is 11.5 Å². The number of nitrogens with zero attached hydrogens (tertiary/aromatic N) is 3. The number of nitrogens with one attached hydrogen (secondary N) is 1. The van der Waals surface area contributed by atoms with E-state index in [1.165, 1.54) is 0 Å². The van der Waals surface area contributed by atoms with Crippen LogP contribution in [0.25, 0.3) is 17.0 Å². The SMILES string of the molecule is COc1ccc(-c2noc(C3=C(C)N(CC(C)C)C(=O)NC3c3ccc(OC)cc3)n2)cc1. The lowest BCUT2D eigenvalue weighted by Crippen LogP contribution is -2.47. The number of hydrogen-bond acceptors (Lipinski definition) is 6. The van der Waals surface area contributed by atoms with E-state index < -0.39 is 6.04 Å². The molecule has 0 saturated heterocycles. The van der Waals surface area contributed by atoms with Gasteiger partial charge in [-0.25, -0.2) is 4.79 Å². The zero-order valence-corrected chi connectivity index (χ0v) is 19.5. The Balaban J connectivity index is 1.77. The fraction of sp³-hybridized carbons (Fsp3) is 0.320. The summed E-state index contributed by atoms with van der Waals surface area (Å²) in [4.78, 5) is 19.4. The molecule has 8 nitrogen and oxygen atoms in total. The molecule has 1 unspecified atom stereocenters. The van der Waals surface area contributed by atoms with E-state index in [-0.39, 0.29) is 6.03 Å². The lowest BCUT2D eigenvalue weighted by atomic mass is 9.94. The van der Waals surface area contributed by atoms with Crippen molar-refractivity contribution in [1.29, 1.82) is 0 Å². The fourth-order valence-electron chi connectivity index (χ4n) is 3.88. The van der Waals surface area contributed by atoms with Gasteiger partial charge in [0.2, 0.25) is 5.82 Å². The number of aromatic nitrogens is 2. The van der Waals surface area contributed by atoms with Crippen molar-refractivity contribution in [3.63, 3.8) is 0 Å². The molecule has 1 N–H and O–H groups in total. The molecule has 2 aromatic carbocycles. The molecule has 2 heterocycles. The van der Waals surface area contributed by atoms with E-state index in [9.17, 15) is 4.79 Å². The summed E-state index contributed by atoms with van der Waals surface area (Å²) in [6.45, 7) is 6.65. The molecule has 1 aromatic heterocycles. The van der Waals surface area contributed by atoms with E-state index in [0.29, 0.717) is 24.2 Å². The average Bonchev–Trinajstić information content (AvgIpc) is 3.31. The van der Waals surface area contributed by atoms with Crippen molar-refractivity contribution in [2.45, 2.75) is 26.8 Å². The molecule has 0 bridgehead atoms.